The van der Waals surface area contributed by atoms with Crippen molar-refractivity contribution in [1.29, 1.82) is 0 Å². The van der Waals surface area contributed by atoms with Crippen molar-refractivity contribution in [3.05, 3.63) is 78.4 Å². The quantitative estimate of drug-likeness (QED) is 0.730. The zero-order valence-electron chi connectivity index (χ0n) is 10.3. The molecule has 0 unspecified atom stereocenters. The van der Waals surface area contributed by atoms with Crippen LogP contribution in [-0.4, -0.2) is 5.91 Å². The Hall–Kier alpha value is -2.61. The van der Waals surface area contributed by atoms with Crippen molar-refractivity contribution in [1.82, 2.24) is 0 Å². The van der Waals surface area contributed by atoms with E-state index in [4.69, 9.17) is 0 Å². The fourth-order valence-corrected chi connectivity index (χ4v) is 2.04. The Balaban J connectivity index is 1.96. The minimum Gasteiger partial charge on any atom is -0.321 e. The van der Waals surface area contributed by atoms with Gasteiger partial charge in [-0.3, -0.25) is 4.79 Å². The molecular weight excluding hydrogens is 234 g/mol. The third-order valence-electron chi connectivity index (χ3n) is 2.99. The van der Waals surface area contributed by atoms with Crippen LogP contribution in [0.3, 0.4) is 0 Å². The summed E-state index contributed by atoms with van der Waals surface area (Å²) in [5.74, 6) is -0.100. The van der Waals surface area contributed by atoms with Crippen LogP contribution in [0.2, 0.25) is 0 Å². The summed E-state index contributed by atoms with van der Waals surface area (Å²) in [5.41, 5.74) is 1.46. The van der Waals surface area contributed by atoms with Crippen LogP contribution in [0.1, 0.15) is 10.4 Å². The van der Waals surface area contributed by atoms with E-state index in [-0.39, 0.29) is 5.91 Å². The van der Waals surface area contributed by atoms with E-state index in [1.54, 1.807) is 12.1 Å². The van der Waals surface area contributed by atoms with Crippen molar-refractivity contribution in [2.75, 3.05) is 5.32 Å². The van der Waals surface area contributed by atoms with Crippen molar-refractivity contribution in [3.8, 4) is 0 Å². The molecule has 0 aliphatic heterocycles. The lowest BCUT2D eigenvalue weighted by atomic mass is 10.1. The molecule has 0 fully saturated rings. The maximum absolute atomic E-state index is 12.1. The van der Waals surface area contributed by atoms with E-state index >= 15 is 0 Å². The lowest BCUT2D eigenvalue weighted by Crippen LogP contribution is -2.11. The molecule has 0 saturated heterocycles. The average molecular weight is 246 g/mol. The maximum atomic E-state index is 12.1. The van der Waals surface area contributed by atoms with E-state index in [0.29, 0.717) is 5.56 Å². The molecule has 0 aliphatic carbocycles. The Morgan fingerprint density at radius 2 is 1.63 bits per heavy atom. The number of nitrogens with one attached hydrogen (secondary N) is 1. The molecule has 1 amide bonds. The second-order valence-electron chi connectivity index (χ2n) is 4.26. The predicted molar refractivity (Wildman–Crippen MR) is 77.2 cm³/mol. The summed E-state index contributed by atoms with van der Waals surface area (Å²) < 4.78 is 0. The summed E-state index contributed by atoms with van der Waals surface area (Å²) in [7, 11) is 0. The largest absolute Gasteiger partial charge is 0.321 e. The van der Waals surface area contributed by atoms with Gasteiger partial charge in [-0.25, -0.2) is 0 Å². The summed E-state index contributed by atoms with van der Waals surface area (Å²) >= 11 is 0. The first-order valence-corrected chi connectivity index (χ1v) is 6.10. The van der Waals surface area contributed by atoms with E-state index in [2.05, 4.69) is 11.4 Å². The van der Waals surface area contributed by atoms with Gasteiger partial charge < -0.3 is 5.32 Å². The number of fused-ring (bicyclic) bond motifs is 1. The van der Waals surface area contributed by atoms with E-state index < -0.39 is 0 Å². The third-order valence-corrected chi connectivity index (χ3v) is 2.99. The molecule has 2 heteroatoms. The molecule has 0 spiro atoms. The van der Waals surface area contributed by atoms with Crippen molar-refractivity contribution in [2.24, 2.45) is 0 Å². The number of benzene rings is 3. The minimum absolute atomic E-state index is 0.100. The SMILES string of the molecule is O=C(Nc1cc[c]c2ccccc12)c1ccccc1. The summed E-state index contributed by atoms with van der Waals surface area (Å²) in [5, 5.41) is 4.93. The molecule has 91 valence electrons. The van der Waals surface area contributed by atoms with Gasteiger partial charge in [-0.1, -0.05) is 48.5 Å². The van der Waals surface area contributed by atoms with Crippen LogP contribution in [0.25, 0.3) is 10.8 Å². The van der Waals surface area contributed by atoms with Gasteiger partial charge >= 0.3 is 0 Å². The molecule has 3 aromatic carbocycles. The molecule has 0 aromatic heterocycles. The first kappa shape index (κ1) is 11.5. The average Bonchev–Trinajstić information content (AvgIpc) is 2.48. The number of anilines is 1. The number of amides is 1. The van der Waals surface area contributed by atoms with Crippen molar-refractivity contribution >= 4 is 22.4 Å². The second-order valence-corrected chi connectivity index (χ2v) is 4.26. The van der Waals surface area contributed by atoms with Gasteiger partial charge in [0.1, 0.15) is 0 Å². The Kier molecular flexibility index (Phi) is 2.99. The lowest BCUT2D eigenvalue weighted by Gasteiger charge is -2.08. The summed E-state index contributed by atoms with van der Waals surface area (Å²) in [4.78, 5) is 12.1. The minimum atomic E-state index is -0.100. The highest BCUT2D eigenvalue weighted by atomic mass is 16.1. The van der Waals surface area contributed by atoms with Gasteiger partial charge in [0, 0.05) is 16.6 Å². The second kappa shape index (κ2) is 4.94. The summed E-state index contributed by atoms with van der Waals surface area (Å²) in [6.45, 7) is 0. The molecule has 0 heterocycles. The van der Waals surface area contributed by atoms with Gasteiger partial charge in [0.2, 0.25) is 0 Å². The van der Waals surface area contributed by atoms with Crippen LogP contribution in [-0.2, 0) is 0 Å². The Labute approximate surface area is 111 Å². The topological polar surface area (TPSA) is 29.1 Å². The smallest absolute Gasteiger partial charge is 0.255 e. The Bertz CT molecular complexity index is 714. The highest BCUT2D eigenvalue weighted by Crippen LogP contribution is 2.23. The number of hydrogen-bond donors (Lipinski definition) is 1. The predicted octanol–water partition coefficient (Wildman–Crippen LogP) is 3.89. The zero-order chi connectivity index (χ0) is 13.1. The van der Waals surface area contributed by atoms with Crippen LogP contribution in [0, 0.1) is 6.07 Å². The number of hydrogen-bond acceptors (Lipinski definition) is 1. The number of carbonyl (C=O) groups is 1. The highest BCUT2D eigenvalue weighted by molar-refractivity contribution is 6.08. The molecule has 0 aliphatic rings. The number of carbonyl (C=O) groups excluding carboxylic acids is 1. The molecule has 1 radical (unpaired) electrons. The lowest BCUT2D eigenvalue weighted by molar-refractivity contribution is 0.102. The van der Waals surface area contributed by atoms with Crippen molar-refractivity contribution < 1.29 is 4.79 Å². The maximum Gasteiger partial charge on any atom is 0.255 e. The van der Waals surface area contributed by atoms with Crippen LogP contribution < -0.4 is 5.32 Å². The van der Waals surface area contributed by atoms with Gasteiger partial charge in [0.05, 0.1) is 0 Å². The van der Waals surface area contributed by atoms with Gasteiger partial charge in [0.15, 0.2) is 0 Å². The monoisotopic (exact) mass is 246 g/mol. The summed E-state index contributed by atoms with van der Waals surface area (Å²) in [6, 6.07) is 23.9. The standard InChI is InChI=1S/C17H12NO/c19-17(14-8-2-1-3-9-14)18-16-12-6-10-13-7-4-5-11-15(13)16/h1-9,11-12H,(H,18,19). The Morgan fingerprint density at radius 3 is 2.47 bits per heavy atom. The number of rotatable bonds is 2. The van der Waals surface area contributed by atoms with Crippen molar-refractivity contribution in [3.63, 3.8) is 0 Å². The highest BCUT2D eigenvalue weighted by Gasteiger charge is 2.07. The van der Waals surface area contributed by atoms with Gasteiger partial charge in [0.25, 0.3) is 5.91 Å². The molecule has 0 bridgehead atoms. The molecule has 3 aromatic rings. The normalized spacial score (nSPS) is 10.3. The van der Waals surface area contributed by atoms with Crippen LogP contribution in [0.15, 0.2) is 66.7 Å². The van der Waals surface area contributed by atoms with Crippen molar-refractivity contribution in [2.45, 2.75) is 0 Å². The molecular formula is C17H12NO. The molecule has 0 atom stereocenters. The molecule has 0 saturated carbocycles. The van der Waals surface area contributed by atoms with E-state index in [9.17, 15) is 4.79 Å². The third kappa shape index (κ3) is 2.33. The van der Waals surface area contributed by atoms with E-state index in [1.807, 2.05) is 54.6 Å². The summed E-state index contributed by atoms with van der Waals surface area (Å²) in [6.07, 6.45) is 0. The molecule has 3 rings (SSSR count). The van der Waals surface area contributed by atoms with Crippen LogP contribution >= 0.6 is 0 Å². The van der Waals surface area contributed by atoms with Gasteiger partial charge in [-0.05, 0) is 29.7 Å². The zero-order valence-corrected chi connectivity index (χ0v) is 10.3. The molecule has 19 heavy (non-hydrogen) atoms. The first-order valence-electron chi connectivity index (χ1n) is 6.10. The fourth-order valence-electron chi connectivity index (χ4n) is 2.04. The molecule has 2 nitrogen and oxygen atoms in total. The van der Waals surface area contributed by atoms with Crippen LogP contribution in [0.5, 0.6) is 0 Å². The van der Waals surface area contributed by atoms with E-state index in [0.717, 1.165) is 16.5 Å². The van der Waals surface area contributed by atoms with Crippen LogP contribution in [0.4, 0.5) is 5.69 Å². The molecule has 1 N–H and O–H groups in total. The first-order chi connectivity index (χ1) is 9.34. The van der Waals surface area contributed by atoms with E-state index in [1.165, 1.54) is 0 Å². The Morgan fingerprint density at radius 1 is 0.895 bits per heavy atom. The fraction of sp³-hybridized carbons (Fsp3) is 0. The van der Waals surface area contributed by atoms with Gasteiger partial charge in [-0.15, -0.1) is 0 Å². The van der Waals surface area contributed by atoms with Gasteiger partial charge in [-0.2, -0.15) is 0 Å².